The van der Waals surface area contributed by atoms with Crippen LogP contribution in [0.2, 0.25) is 0 Å². The van der Waals surface area contributed by atoms with E-state index in [-0.39, 0.29) is 21.7 Å². The number of hydrogen-bond acceptors (Lipinski definition) is 3. The summed E-state index contributed by atoms with van der Waals surface area (Å²) in [4.78, 5) is 2.49. The van der Waals surface area contributed by atoms with Crippen LogP contribution in [0.3, 0.4) is 0 Å². The average Bonchev–Trinajstić information content (AvgIpc) is 2.08. The third-order valence-corrected chi connectivity index (χ3v) is 19.8. The smallest absolute Gasteiger partial charge is 0.144 e. The van der Waals surface area contributed by atoms with Crippen LogP contribution in [0.15, 0.2) is 221 Å². The zero-order valence-corrected chi connectivity index (χ0v) is 47.0. The van der Waals surface area contributed by atoms with E-state index in [2.05, 4.69) is 273 Å². The summed E-state index contributed by atoms with van der Waals surface area (Å²) in [6.07, 6.45) is 0. The van der Waals surface area contributed by atoms with Gasteiger partial charge in [0.05, 0.1) is 0 Å². The standard InChI is InChI=1S/C78H59NO2/c1-75(2)58-26-16-12-22-50(58)51-37-32-46(40-60(51)75)57-43-63-66(68-55-24-14-18-28-64(55)80-73(57)68)53-38-35-48(41-61(53)76(63,3)4)79(47-33-30-45(31-34-47)44-20-10-9-11-21-44)49-36-39-54-62(42-49)78(7,8)72-70(54)74-69(56-25-15-19-29-65(56)81-74)67-52-23-13-17-27-59(52)77(5,6)71(67)72/h9-43H,1-8H3. The molecule has 4 aliphatic rings. The van der Waals surface area contributed by atoms with E-state index in [0.29, 0.717) is 0 Å². The molecule has 3 heteroatoms. The maximum atomic E-state index is 7.11. The van der Waals surface area contributed by atoms with Gasteiger partial charge in [0.2, 0.25) is 0 Å². The van der Waals surface area contributed by atoms with E-state index >= 15 is 0 Å². The minimum atomic E-state index is -0.364. The molecule has 388 valence electrons. The Morgan fingerprint density at radius 3 is 1.42 bits per heavy atom. The molecule has 3 nitrogen and oxygen atoms in total. The largest absolute Gasteiger partial charge is 0.455 e. The van der Waals surface area contributed by atoms with Gasteiger partial charge in [-0.05, 0) is 161 Å². The highest BCUT2D eigenvalue weighted by atomic mass is 16.3. The summed E-state index contributed by atoms with van der Waals surface area (Å²) >= 11 is 0. The van der Waals surface area contributed by atoms with E-state index < -0.39 is 0 Å². The van der Waals surface area contributed by atoms with Crippen molar-refractivity contribution in [1.29, 1.82) is 0 Å². The van der Waals surface area contributed by atoms with E-state index in [0.717, 1.165) is 50.3 Å². The Balaban J connectivity index is 0.859. The molecule has 0 saturated carbocycles. The maximum absolute atomic E-state index is 7.11. The predicted octanol–water partition coefficient (Wildman–Crippen LogP) is 21.5. The van der Waals surface area contributed by atoms with Gasteiger partial charge in [0.25, 0.3) is 0 Å². The third kappa shape index (κ3) is 6.03. The number of rotatable bonds is 5. The van der Waals surface area contributed by atoms with Gasteiger partial charge in [0.15, 0.2) is 0 Å². The second kappa shape index (κ2) is 15.8. The van der Waals surface area contributed by atoms with Crippen LogP contribution < -0.4 is 4.90 Å². The Morgan fingerprint density at radius 2 is 0.728 bits per heavy atom. The molecule has 0 aliphatic heterocycles. The molecule has 0 spiro atoms. The number of fused-ring (bicyclic) bond motifs is 22. The zero-order valence-electron chi connectivity index (χ0n) is 47.0. The minimum absolute atomic E-state index is 0.131. The summed E-state index contributed by atoms with van der Waals surface area (Å²) < 4.78 is 14.2. The van der Waals surface area contributed by atoms with E-state index in [4.69, 9.17) is 8.83 Å². The number of anilines is 3. The van der Waals surface area contributed by atoms with Crippen molar-refractivity contribution >= 4 is 60.9 Å². The van der Waals surface area contributed by atoms with Crippen molar-refractivity contribution in [3.8, 4) is 66.8 Å². The lowest BCUT2D eigenvalue weighted by molar-refractivity contribution is 0.600. The normalized spacial score (nSPS) is 15.8. The summed E-state index contributed by atoms with van der Waals surface area (Å²) in [6, 6.07) is 79.2. The average molecular weight is 1040 g/mol. The van der Waals surface area contributed by atoms with Crippen LogP contribution >= 0.6 is 0 Å². The molecule has 0 bridgehead atoms. The van der Waals surface area contributed by atoms with Gasteiger partial charge in [-0.1, -0.05) is 207 Å². The molecule has 11 aromatic carbocycles. The summed E-state index contributed by atoms with van der Waals surface area (Å²) in [5, 5.41) is 4.73. The Hall–Kier alpha value is -9.18. The van der Waals surface area contributed by atoms with Crippen molar-refractivity contribution in [2.24, 2.45) is 0 Å². The van der Waals surface area contributed by atoms with E-state index in [1.165, 1.54) is 122 Å². The minimum Gasteiger partial charge on any atom is -0.455 e. The Labute approximate surface area is 472 Å². The van der Waals surface area contributed by atoms with Crippen molar-refractivity contribution in [2.45, 2.75) is 77.0 Å². The molecule has 2 heterocycles. The quantitative estimate of drug-likeness (QED) is 0.172. The van der Waals surface area contributed by atoms with Gasteiger partial charge >= 0.3 is 0 Å². The van der Waals surface area contributed by atoms with Gasteiger partial charge in [-0.2, -0.15) is 0 Å². The van der Waals surface area contributed by atoms with Gasteiger partial charge in [0, 0.05) is 71.4 Å². The first-order valence-electron chi connectivity index (χ1n) is 28.8. The molecule has 0 radical (unpaired) electrons. The van der Waals surface area contributed by atoms with Gasteiger partial charge in [-0.15, -0.1) is 0 Å². The zero-order chi connectivity index (χ0) is 54.6. The van der Waals surface area contributed by atoms with Gasteiger partial charge in [-0.25, -0.2) is 0 Å². The van der Waals surface area contributed by atoms with Crippen LogP contribution in [-0.2, 0) is 21.7 Å². The van der Waals surface area contributed by atoms with Gasteiger partial charge in [-0.3, -0.25) is 0 Å². The Kier molecular flexibility index (Phi) is 9.11. The summed E-state index contributed by atoms with van der Waals surface area (Å²) in [7, 11) is 0. The van der Waals surface area contributed by atoms with Crippen LogP contribution in [0.5, 0.6) is 0 Å². The van der Waals surface area contributed by atoms with Gasteiger partial charge in [0.1, 0.15) is 22.3 Å². The highest BCUT2D eigenvalue weighted by molar-refractivity contribution is 6.21. The maximum Gasteiger partial charge on any atom is 0.144 e. The fourth-order valence-corrected chi connectivity index (χ4v) is 15.8. The predicted molar refractivity (Wildman–Crippen MR) is 337 cm³/mol. The van der Waals surface area contributed by atoms with Gasteiger partial charge < -0.3 is 13.7 Å². The van der Waals surface area contributed by atoms with Crippen molar-refractivity contribution < 1.29 is 8.83 Å². The van der Waals surface area contributed by atoms with E-state index in [1.54, 1.807) is 0 Å². The van der Waals surface area contributed by atoms with Crippen molar-refractivity contribution in [2.75, 3.05) is 4.90 Å². The molecule has 0 amide bonds. The molecule has 0 saturated heterocycles. The SMILES string of the molecule is CC1(C)c2ccccc2-c2ccc(-c3cc4c(c5c3oc3ccccc35)-c3ccc(N(c5ccc(-c6ccccc6)cc5)c5ccc6c(c5)C(C)(C)c5c7c(c8c(oc9ccccc98)c5-6)-c5ccccc5C7(C)C)cc3C4(C)C)cc21. The first-order chi connectivity index (χ1) is 39.2. The molecule has 4 aliphatic carbocycles. The second-order valence-electron chi connectivity index (χ2n) is 25.5. The van der Waals surface area contributed by atoms with E-state index in [1.807, 2.05) is 0 Å². The molecule has 13 aromatic rings. The third-order valence-electron chi connectivity index (χ3n) is 19.8. The topological polar surface area (TPSA) is 29.5 Å². The van der Waals surface area contributed by atoms with Crippen LogP contribution in [0.25, 0.3) is 111 Å². The summed E-state index contributed by atoms with van der Waals surface area (Å²) in [5.74, 6) is 0. The lowest BCUT2D eigenvalue weighted by Crippen LogP contribution is -2.24. The van der Waals surface area contributed by atoms with Crippen molar-refractivity contribution in [3.63, 3.8) is 0 Å². The molecule has 81 heavy (non-hydrogen) atoms. The Bertz CT molecular complexity index is 4920. The fraction of sp³-hybridized carbons (Fsp3) is 0.154. The molecule has 0 N–H and O–H groups in total. The fourth-order valence-electron chi connectivity index (χ4n) is 15.8. The highest BCUT2D eigenvalue weighted by Crippen LogP contribution is 2.64. The highest BCUT2D eigenvalue weighted by Gasteiger charge is 2.49. The second-order valence-corrected chi connectivity index (χ2v) is 25.5. The lowest BCUT2D eigenvalue weighted by atomic mass is 9.72. The number of para-hydroxylation sites is 2. The molecular weight excluding hydrogens is 983 g/mol. The first kappa shape index (κ1) is 46.7. The lowest BCUT2D eigenvalue weighted by Gasteiger charge is -2.32. The van der Waals surface area contributed by atoms with E-state index in [9.17, 15) is 0 Å². The molecule has 2 aromatic heterocycles. The summed E-state index contributed by atoms with van der Waals surface area (Å²) in [6.45, 7) is 19.3. The monoisotopic (exact) mass is 1040 g/mol. The molecule has 0 atom stereocenters. The Morgan fingerprint density at radius 1 is 0.284 bits per heavy atom. The van der Waals surface area contributed by atoms with Crippen LogP contribution in [-0.4, -0.2) is 0 Å². The number of benzene rings is 11. The molecule has 17 rings (SSSR count). The number of furan rings is 2. The summed E-state index contributed by atoms with van der Waals surface area (Å²) in [5.41, 5.74) is 31.8. The molecular formula is C78H59NO2. The molecule has 0 unspecified atom stereocenters. The van der Waals surface area contributed by atoms with Crippen molar-refractivity contribution in [3.05, 3.63) is 257 Å². The number of nitrogens with zero attached hydrogens (tertiary/aromatic N) is 1. The van der Waals surface area contributed by atoms with Crippen LogP contribution in [0, 0.1) is 0 Å². The van der Waals surface area contributed by atoms with Crippen molar-refractivity contribution in [1.82, 2.24) is 0 Å². The number of hydrogen-bond donors (Lipinski definition) is 0. The first-order valence-corrected chi connectivity index (χ1v) is 28.8. The van der Waals surface area contributed by atoms with Crippen LogP contribution in [0.4, 0.5) is 17.1 Å². The van der Waals surface area contributed by atoms with Crippen LogP contribution in [0.1, 0.15) is 99.9 Å². The molecule has 0 fully saturated rings.